The molecule has 0 saturated carbocycles. The fourth-order valence-corrected chi connectivity index (χ4v) is 1.69. The van der Waals surface area contributed by atoms with E-state index in [4.69, 9.17) is 0 Å². The third kappa shape index (κ3) is 2.34. The van der Waals surface area contributed by atoms with E-state index in [1.165, 1.54) is 18.4 Å². The molecule has 0 aromatic carbocycles. The molecular formula is C12H16N2. The molecule has 74 valence electrons. The molecule has 0 saturated heterocycles. The molecule has 0 aliphatic heterocycles. The average molecular weight is 188 g/mol. The van der Waals surface area contributed by atoms with Crippen LogP contribution in [0.25, 0.3) is 0 Å². The van der Waals surface area contributed by atoms with Crippen LogP contribution < -0.4 is 5.32 Å². The third-order valence-electron chi connectivity index (χ3n) is 2.53. The summed E-state index contributed by atoms with van der Waals surface area (Å²) >= 11 is 0. The van der Waals surface area contributed by atoms with Gasteiger partial charge in [0.25, 0.3) is 0 Å². The molecule has 1 aromatic heterocycles. The molecule has 0 spiro atoms. The Labute approximate surface area is 85.1 Å². The van der Waals surface area contributed by atoms with Crippen LogP contribution >= 0.6 is 0 Å². The van der Waals surface area contributed by atoms with Crippen molar-refractivity contribution in [3.8, 4) is 0 Å². The molecule has 1 aliphatic carbocycles. The molecule has 1 aliphatic rings. The summed E-state index contributed by atoms with van der Waals surface area (Å²) in [7, 11) is 0. The van der Waals surface area contributed by atoms with Gasteiger partial charge in [0.05, 0.1) is 0 Å². The van der Waals surface area contributed by atoms with E-state index in [9.17, 15) is 0 Å². The smallest absolute Gasteiger partial charge is 0.126 e. The monoisotopic (exact) mass is 188 g/mol. The van der Waals surface area contributed by atoms with Crippen LogP contribution in [0.4, 0.5) is 5.82 Å². The fraction of sp³-hybridized carbons (Fsp3) is 0.417. The van der Waals surface area contributed by atoms with E-state index in [1.807, 2.05) is 12.3 Å². The number of pyridine rings is 1. The van der Waals surface area contributed by atoms with Crippen LogP contribution in [0.5, 0.6) is 0 Å². The minimum atomic E-state index is 0.565. The quantitative estimate of drug-likeness (QED) is 0.722. The van der Waals surface area contributed by atoms with Crippen LogP contribution in [0, 0.1) is 6.92 Å². The van der Waals surface area contributed by atoms with Gasteiger partial charge in [0, 0.05) is 12.2 Å². The number of hydrogen-bond acceptors (Lipinski definition) is 2. The van der Waals surface area contributed by atoms with Crippen molar-refractivity contribution in [2.24, 2.45) is 0 Å². The second kappa shape index (κ2) is 4.27. The number of aromatic nitrogens is 1. The Morgan fingerprint density at radius 1 is 1.36 bits per heavy atom. The van der Waals surface area contributed by atoms with Crippen molar-refractivity contribution >= 4 is 5.82 Å². The summed E-state index contributed by atoms with van der Waals surface area (Å²) in [6.45, 7) is 2.06. The Morgan fingerprint density at radius 3 is 2.93 bits per heavy atom. The Hall–Kier alpha value is -1.31. The van der Waals surface area contributed by atoms with E-state index in [0.717, 1.165) is 12.2 Å². The van der Waals surface area contributed by atoms with E-state index in [2.05, 4.69) is 35.4 Å². The molecule has 0 fully saturated rings. The number of nitrogens with zero attached hydrogens (tertiary/aromatic N) is 1. The number of anilines is 1. The predicted molar refractivity (Wildman–Crippen MR) is 59.4 cm³/mol. The van der Waals surface area contributed by atoms with E-state index >= 15 is 0 Å². The molecule has 0 amide bonds. The number of hydrogen-bond donors (Lipinski definition) is 1. The van der Waals surface area contributed by atoms with Crippen LogP contribution in [0.3, 0.4) is 0 Å². The van der Waals surface area contributed by atoms with Gasteiger partial charge < -0.3 is 5.32 Å². The van der Waals surface area contributed by atoms with Gasteiger partial charge in [-0.2, -0.15) is 0 Å². The summed E-state index contributed by atoms with van der Waals surface area (Å²) in [6.07, 6.45) is 9.92. The number of nitrogens with one attached hydrogen (secondary N) is 1. The van der Waals surface area contributed by atoms with Crippen molar-refractivity contribution in [1.29, 1.82) is 0 Å². The minimum Gasteiger partial charge on any atom is -0.367 e. The first-order chi connectivity index (χ1) is 6.84. The first-order valence-corrected chi connectivity index (χ1v) is 5.19. The maximum atomic E-state index is 4.34. The van der Waals surface area contributed by atoms with E-state index < -0.39 is 0 Å². The second-order valence-electron chi connectivity index (χ2n) is 3.85. The summed E-state index contributed by atoms with van der Waals surface area (Å²) in [4.78, 5) is 4.34. The molecule has 2 nitrogen and oxygen atoms in total. The molecule has 1 atom stereocenters. The molecule has 1 heterocycles. The topological polar surface area (TPSA) is 24.9 Å². The van der Waals surface area contributed by atoms with Gasteiger partial charge in [-0.1, -0.05) is 18.2 Å². The van der Waals surface area contributed by atoms with Crippen LogP contribution in [-0.2, 0) is 0 Å². The Morgan fingerprint density at radius 2 is 2.29 bits per heavy atom. The van der Waals surface area contributed by atoms with Gasteiger partial charge >= 0.3 is 0 Å². The highest BCUT2D eigenvalue weighted by molar-refractivity contribution is 5.36. The molecule has 1 aromatic rings. The third-order valence-corrected chi connectivity index (χ3v) is 2.53. The van der Waals surface area contributed by atoms with Crippen molar-refractivity contribution in [3.63, 3.8) is 0 Å². The predicted octanol–water partition coefficient (Wildman–Crippen LogP) is 2.91. The zero-order chi connectivity index (χ0) is 9.80. The number of rotatable bonds is 2. The molecule has 0 bridgehead atoms. The lowest BCUT2D eigenvalue weighted by Crippen LogP contribution is -2.20. The average Bonchev–Trinajstić information content (AvgIpc) is 2.23. The van der Waals surface area contributed by atoms with Crippen molar-refractivity contribution < 1.29 is 0 Å². The molecule has 1 N–H and O–H groups in total. The van der Waals surface area contributed by atoms with E-state index in [-0.39, 0.29) is 0 Å². The normalized spacial score (nSPS) is 20.8. The summed E-state index contributed by atoms with van der Waals surface area (Å²) < 4.78 is 0. The lowest BCUT2D eigenvalue weighted by molar-refractivity contribution is 0.642. The zero-order valence-corrected chi connectivity index (χ0v) is 8.53. The van der Waals surface area contributed by atoms with Gasteiger partial charge in [0.2, 0.25) is 0 Å². The highest BCUT2D eigenvalue weighted by atomic mass is 15.0. The lowest BCUT2D eigenvalue weighted by atomic mass is 10.0. The number of allylic oxidation sites excluding steroid dienone is 1. The zero-order valence-electron chi connectivity index (χ0n) is 8.53. The van der Waals surface area contributed by atoms with Crippen molar-refractivity contribution in [1.82, 2.24) is 4.98 Å². The summed E-state index contributed by atoms with van der Waals surface area (Å²) in [5.41, 5.74) is 1.21. The van der Waals surface area contributed by atoms with E-state index in [0.29, 0.717) is 6.04 Å². The summed E-state index contributed by atoms with van der Waals surface area (Å²) in [5.74, 6) is 0.996. The molecule has 2 rings (SSSR count). The van der Waals surface area contributed by atoms with Crippen LogP contribution in [0.2, 0.25) is 0 Å². The van der Waals surface area contributed by atoms with Crippen LogP contribution in [-0.4, -0.2) is 11.0 Å². The highest BCUT2D eigenvalue weighted by Crippen LogP contribution is 2.15. The second-order valence-corrected chi connectivity index (χ2v) is 3.85. The number of aryl methyl sites for hydroxylation is 1. The Bertz CT molecular complexity index is 314. The molecule has 1 unspecified atom stereocenters. The SMILES string of the molecule is Cc1ccc(NC2CC=CCC2)nc1. The lowest BCUT2D eigenvalue weighted by Gasteiger charge is -2.19. The van der Waals surface area contributed by atoms with Gasteiger partial charge in [-0.15, -0.1) is 0 Å². The van der Waals surface area contributed by atoms with Gasteiger partial charge in [0.15, 0.2) is 0 Å². The first-order valence-electron chi connectivity index (χ1n) is 5.19. The minimum absolute atomic E-state index is 0.565. The van der Waals surface area contributed by atoms with Crippen LogP contribution in [0.1, 0.15) is 24.8 Å². The van der Waals surface area contributed by atoms with Crippen LogP contribution in [0.15, 0.2) is 30.5 Å². The van der Waals surface area contributed by atoms with Gasteiger partial charge in [-0.3, -0.25) is 0 Å². The van der Waals surface area contributed by atoms with Crippen molar-refractivity contribution in [2.45, 2.75) is 32.2 Å². The van der Waals surface area contributed by atoms with Gasteiger partial charge in [0.1, 0.15) is 5.82 Å². The molecule has 0 radical (unpaired) electrons. The summed E-state index contributed by atoms with van der Waals surface area (Å²) in [6, 6.07) is 4.71. The van der Waals surface area contributed by atoms with Crippen molar-refractivity contribution in [3.05, 3.63) is 36.0 Å². The largest absolute Gasteiger partial charge is 0.367 e. The van der Waals surface area contributed by atoms with Gasteiger partial charge in [-0.25, -0.2) is 4.98 Å². The molecule has 14 heavy (non-hydrogen) atoms. The van der Waals surface area contributed by atoms with Crippen molar-refractivity contribution in [2.75, 3.05) is 5.32 Å². The van der Waals surface area contributed by atoms with Gasteiger partial charge in [-0.05, 0) is 37.8 Å². The maximum Gasteiger partial charge on any atom is 0.126 e. The highest BCUT2D eigenvalue weighted by Gasteiger charge is 2.09. The maximum absolute atomic E-state index is 4.34. The Balaban J connectivity index is 1.96. The molecular weight excluding hydrogens is 172 g/mol. The standard InChI is InChI=1S/C12H16N2/c1-10-7-8-12(13-9-10)14-11-5-3-2-4-6-11/h2-3,7-9,11H,4-6H2,1H3,(H,13,14). The van der Waals surface area contributed by atoms with E-state index in [1.54, 1.807) is 0 Å². The molecule has 2 heteroatoms. The fourth-order valence-electron chi connectivity index (χ4n) is 1.69. The summed E-state index contributed by atoms with van der Waals surface area (Å²) in [5, 5.41) is 3.45. The Kier molecular flexibility index (Phi) is 2.82. The first kappa shape index (κ1) is 9.25.